The number of amides is 1. The van der Waals surface area contributed by atoms with Crippen molar-refractivity contribution in [3.05, 3.63) is 0 Å². The number of carbonyl (C=O) groups excluding carboxylic acids is 1. The largest absolute Gasteiger partial charge is 0.390 e. The maximum Gasteiger partial charge on any atom is 0.223 e. The fraction of sp³-hybridized carbons (Fsp3) is 0.969. The van der Waals surface area contributed by atoms with Crippen LogP contribution in [-0.2, 0) is 14.3 Å². The van der Waals surface area contributed by atoms with E-state index in [1.165, 1.54) is 19.3 Å². The molecule has 11 heteroatoms. The van der Waals surface area contributed by atoms with Crippen molar-refractivity contribution in [2.75, 3.05) is 59.2 Å². The van der Waals surface area contributed by atoms with Crippen LogP contribution in [0.25, 0.3) is 0 Å². The number of ether oxygens (including phenoxy) is 2. The quantitative estimate of drug-likeness (QED) is 0.197. The minimum Gasteiger partial charge on any atom is -0.390 e. The number of piperazine rings is 1. The van der Waals surface area contributed by atoms with E-state index in [0.717, 1.165) is 77.8 Å². The first-order valence-corrected chi connectivity index (χ1v) is 17.6. The molecule has 4 heterocycles. The van der Waals surface area contributed by atoms with Crippen molar-refractivity contribution in [1.82, 2.24) is 36.4 Å². The first-order valence-electron chi connectivity index (χ1n) is 17.6. The standard InChI is InChI=1S/C32H59N7O4/c1-3-38-9-11-39(12-10-38)31-16-23(15-30(37-31)36-25-5-4-6-25)32(41)34-18-28(40)27-14-22-7-8-26(13-24(22)17-33-27)42-19-29-21(2)35-20-43-29/h21-31,33,35-37,40H,3-20H2,1-2H3,(H,34,41)/t21?,22?,23?,24?,26?,27-,28+,29?,30?,31?/m0/s1. The number of likely N-dealkylation sites (N-methyl/N-ethyl adjacent to an activating group) is 1. The summed E-state index contributed by atoms with van der Waals surface area (Å²) in [6, 6.07) is 0.948. The molecule has 8 unspecified atom stereocenters. The van der Waals surface area contributed by atoms with E-state index in [2.05, 4.69) is 50.2 Å². The van der Waals surface area contributed by atoms with Gasteiger partial charge in [-0.25, -0.2) is 0 Å². The Morgan fingerprint density at radius 2 is 1.88 bits per heavy atom. The first-order chi connectivity index (χ1) is 20.9. The minimum absolute atomic E-state index is 0.0292. The molecule has 6 rings (SSSR count). The number of fused-ring (bicyclic) bond motifs is 1. The van der Waals surface area contributed by atoms with Crippen molar-refractivity contribution in [3.8, 4) is 0 Å². The normalized spacial score (nSPS) is 40.5. The molecular weight excluding hydrogens is 546 g/mol. The number of hydrogen-bond acceptors (Lipinski definition) is 10. The molecule has 6 fully saturated rings. The fourth-order valence-electron chi connectivity index (χ4n) is 8.33. The van der Waals surface area contributed by atoms with E-state index < -0.39 is 6.10 Å². The Labute approximate surface area is 258 Å². The molecule has 4 saturated heterocycles. The van der Waals surface area contributed by atoms with Crippen LogP contribution in [0.1, 0.15) is 71.6 Å². The summed E-state index contributed by atoms with van der Waals surface area (Å²) in [6.07, 6.45) is 9.91. The predicted molar refractivity (Wildman–Crippen MR) is 166 cm³/mol. The van der Waals surface area contributed by atoms with Crippen LogP contribution in [0.4, 0.5) is 0 Å². The number of hydrogen-bond donors (Lipinski definition) is 6. The molecule has 11 nitrogen and oxygen atoms in total. The summed E-state index contributed by atoms with van der Waals surface area (Å²) in [7, 11) is 0. The Morgan fingerprint density at radius 1 is 1.05 bits per heavy atom. The van der Waals surface area contributed by atoms with Crippen LogP contribution < -0.4 is 26.6 Å². The van der Waals surface area contributed by atoms with Gasteiger partial charge in [-0.05, 0) is 83.2 Å². The molecule has 0 spiro atoms. The van der Waals surface area contributed by atoms with Crippen LogP contribution in [-0.4, -0.2) is 129 Å². The summed E-state index contributed by atoms with van der Waals surface area (Å²) < 4.78 is 12.0. The molecule has 246 valence electrons. The number of nitrogens with one attached hydrogen (secondary N) is 5. The molecule has 2 aliphatic carbocycles. The Hall–Kier alpha value is -0.890. The SMILES string of the molecule is CCN1CCN(C2CC(C(=O)NC[C@@H](O)[C@@H]3CC4CCC(OCC5OCNC5C)CC4CN3)CC(NC3CCC3)N2)CC1. The average molecular weight is 606 g/mol. The summed E-state index contributed by atoms with van der Waals surface area (Å²) >= 11 is 0. The van der Waals surface area contributed by atoms with Crippen LogP contribution in [0, 0.1) is 17.8 Å². The molecule has 43 heavy (non-hydrogen) atoms. The second kappa shape index (κ2) is 15.1. The Morgan fingerprint density at radius 3 is 2.60 bits per heavy atom. The van der Waals surface area contributed by atoms with Gasteiger partial charge in [0.05, 0.1) is 44.0 Å². The highest BCUT2D eigenvalue weighted by Gasteiger charge is 2.40. The summed E-state index contributed by atoms with van der Waals surface area (Å²) in [5.41, 5.74) is 0. The van der Waals surface area contributed by atoms with Crippen molar-refractivity contribution >= 4 is 5.91 Å². The number of nitrogens with zero attached hydrogens (tertiary/aromatic N) is 2. The van der Waals surface area contributed by atoms with E-state index in [4.69, 9.17) is 9.47 Å². The summed E-state index contributed by atoms with van der Waals surface area (Å²) in [5.74, 6) is 1.24. The number of rotatable bonds is 11. The number of piperidine rings is 2. The zero-order valence-electron chi connectivity index (χ0n) is 26.6. The second-order valence-corrected chi connectivity index (χ2v) is 14.4. The van der Waals surface area contributed by atoms with Crippen LogP contribution in [0.3, 0.4) is 0 Å². The highest BCUT2D eigenvalue weighted by Crippen LogP contribution is 2.37. The van der Waals surface area contributed by atoms with Gasteiger partial charge in [0.15, 0.2) is 0 Å². The van der Waals surface area contributed by atoms with Gasteiger partial charge in [-0.15, -0.1) is 0 Å². The Balaban J connectivity index is 0.946. The van der Waals surface area contributed by atoms with Crippen molar-refractivity contribution in [1.29, 1.82) is 0 Å². The molecule has 2 saturated carbocycles. The predicted octanol–water partition coefficient (Wildman–Crippen LogP) is 0.393. The maximum absolute atomic E-state index is 13.5. The third-order valence-corrected chi connectivity index (χ3v) is 11.6. The second-order valence-electron chi connectivity index (χ2n) is 14.4. The van der Waals surface area contributed by atoms with Gasteiger partial charge >= 0.3 is 0 Å². The van der Waals surface area contributed by atoms with Gasteiger partial charge < -0.3 is 30.1 Å². The van der Waals surface area contributed by atoms with E-state index >= 15 is 0 Å². The van der Waals surface area contributed by atoms with E-state index in [1.54, 1.807) is 0 Å². The van der Waals surface area contributed by atoms with Crippen LogP contribution in [0.2, 0.25) is 0 Å². The molecule has 6 aliphatic rings. The van der Waals surface area contributed by atoms with Gasteiger partial charge in [-0.1, -0.05) is 13.3 Å². The van der Waals surface area contributed by atoms with E-state index in [1.807, 2.05) is 0 Å². The van der Waals surface area contributed by atoms with Crippen molar-refractivity contribution in [3.63, 3.8) is 0 Å². The number of aliphatic hydroxyl groups excluding tert-OH is 1. The number of carbonyl (C=O) groups is 1. The molecule has 0 aromatic rings. The summed E-state index contributed by atoms with van der Waals surface area (Å²) in [5, 5.41) is 28.9. The molecule has 0 bridgehead atoms. The molecule has 6 N–H and O–H groups in total. The first kappa shape index (κ1) is 32.1. The van der Waals surface area contributed by atoms with Crippen LogP contribution in [0.5, 0.6) is 0 Å². The molecule has 0 radical (unpaired) electrons. The number of aliphatic hydroxyl groups is 1. The van der Waals surface area contributed by atoms with Crippen molar-refractivity contribution in [2.45, 2.75) is 120 Å². The molecule has 1 amide bonds. The lowest BCUT2D eigenvalue weighted by molar-refractivity contribution is -0.128. The third kappa shape index (κ3) is 8.29. The van der Waals surface area contributed by atoms with E-state index in [0.29, 0.717) is 49.9 Å². The van der Waals surface area contributed by atoms with Crippen LogP contribution >= 0.6 is 0 Å². The van der Waals surface area contributed by atoms with Gasteiger partial charge in [-0.2, -0.15) is 0 Å². The Bertz CT molecular complexity index is 888. The Kier molecular flexibility index (Phi) is 11.3. The van der Waals surface area contributed by atoms with Gasteiger partial charge in [0.2, 0.25) is 5.91 Å². The molecule has 0 aromatic carbocycles. The molecule has 10 atom stereocenters. The monoisotopic (exact) mass is 605 g/mol. The highest BCUT2D eigenvalue weighted by molar-refractivity contribution is 5.78. The van der Waals surface area contributed by atoms with Gasteiger partial charge in [-0.3, -0.25) is 25.6 Å². The zero-order chi connectivity index (χ0) is 29.8. The fourth-order valence-corrected chi connectivity index (χ4v) is 8.33. The topological polar surface area (TPSA) is 122 Å². The minimum atomic E-state index is -0.573. The summed E-state index contributed by atoms with van der Waals surface area (Å²) in [4.78, 5) is 18.6. The van der Waals surface area contributed by atoms with Gasteiger partial charge in [0.25, 0.3) is 0 Å². The lowest BCUT2D eigenvalue weighted by Gasteiger charge is -2.46. The lowest BCUT2D eigenvalue weighted by atomic mass is 9.72. The maximum atomic E-state index is 13.5. The smallest absolute Gasteiger partial charge is 0.223 e. The average Bonchev–Trinajstić information content (AvgIpc) is 3.44. The lowest BCUT2D eigenvalue weighted by Crippen LogP contribution is -2.64. The van der Waals surface area contributed by atoms with E-state index in [-0.39, 0.29) is 36.3 Å². The zero-order valence-corrected chi connectivity index (χ0v) is 26.6. The highest BCUT2D eigenvalue weighted by atomic mass is 16.5. The van der Waals surface area contributed by atoms with Crippen LogP contribution in [0.15, 0.2) is 0 Å². The van der Waals surface area contributed by atoms with Crippen molar-refractivity contribution < 1.29 is 19.4 Å². The van der Waals surface area contributed by atoms with Gasteiger partial charge in [0, 0.05) is 56.8 Å². The van der Waals surface area contributed by atoms with Gasteiger partial charge in [0.1, 0.15) is 0 Å². The molecule has 4 aliphatic heterocycles. The molecular formula is C32H59N7O4. The molecule has 0 aromatic heterocycles. The third-order valence-electron chi connectivity index (χ3n) is 11.6. The summed E-state index contributed by atoms with van der Waals surface area (Å²) in [6.45, 7) is 12.3. The van der Waals surface area contributed by atoms with Crippen molar-refractivity contribution in [2.24, 2.45) is 17.8 Å². The van der Waals surface area contributed by atoms with E-state index in [9.17, 15) is 9.90 Å².